The number of aliphatic imine (C=N–C) groups is 1. The summed E-state index contributed by atoms with van der Waals surface area (Å²) < 4.78 is 5.79. The lowest BCUT2D eigenvalue weighted by molar-refractivity contribution is -0.0261. The molecule has 0 spiro atoms. The molecule has 5 nitrogen and oxygen atoms in total. The van der Waals surface area contributed by atoms with Gasteiger partial charge in [-0.3, -0.25) is 9.89 Å². The minimum absolute atomic E-state index is 0. The minimum atomic E-state index is 0. The second-order valence-electron chi connectivity index (χ2n) is 6.55. The van der Waals surface area contributed by atoms with Gasteiger partial charge in [0.1, 0.15) is 0 Å². The smallest absolute Gasteiger partial charge is 0.193 e. The SMILES string of the molecule is CCc1ccc(NC(N)=NCC2CN(CC(C)C)CCO2)cc1.I. The zero-order valence-electron chi connectivity index (χ0n) is 15.0. The zero-order chi connectivity index (χ0) is 16.7. The predicted octanol–water partition coefficient (Wildman–Crippen LogP) is 2.95. The van der Waals surface area contributed by atoms with Crippen LogP contribution in [-0.4, -0.2) is 49.7 Å². The van der Waals surface area contributed by atoms with Crippen LogP contribution in [0.1, 0.15) is 26.3 Å². The fourth-order valence-corrected chi connectivity index (χ4v) is 2.78. The number of nitrogens with one attached hydrogen (secondary N) is 1. The lowest BCUT2D eigenvalue weighted by Crippen LogP contribution is -2.45. The Morgan fingerprint density at radius 3 is 2.71 bits per heavy atom. The van der Waals surface area contributed by atoms with Gasteiger partial charge in [-0.1, -0.05) is 32.9 Å². The number of hydrogen-bond acceptors (Lipinski definition) is 3. The average molecular weight is 446 g/mol. The van der Waals surface area contributed by atoms with Gasteiger partial charge in [0.2, 0.25) is 0 Å². The molecule has 24 heavy (non-hydrogen) atoms. The van der Waals surface area contributed by atoms with Gasteiger partial charge in [0, 0.05) is 25.3 Å². The van der Waals surface area contributed by atoms with Crippen molar-refractivity contribution >= 4 is 35.6 Å². The molecule has 1 unspecified atom stereocenters. The Bertz CT molecular complexity index is 504. The van der Waals surface area contributed by atoms with E-state index in [4.69, 9.17) is 10.5 Å². The lowest BCUT2D eigenvalue weighted by atomic mass is 10.1. The van der Waals surface area contributed by atoms with E-state index in [1.54, 1.807) is 0 Å². The number of hydrogen-bond donors (Lipinski definition) is 2. The van der Waals surface area contributed by atoms with Crippen LogP contribution in [0.3, 0.4) is 0 Å². The van der Waals surface area contributed by atoms with Gasteiger partial charge in [-0.2, -0.15) is 0 Å². The third-order valence-corrected chi connectivity index (χ3v) is 3.95. The van der Waals surface area contributed by atoms with Gasteiger partial charge in [-0.05, 0) is 30.0 Å². The highest BCUT2D eigenvalue weighted by Gasteiger charge is 2.20. The van der Waals surface area contributed by atoms with Crippen molar-refractivity contribution in [2.24, 2.45) is 16.6 Å². The highest BCUT2D eigenvalue weighted by molar-refractivity contribution is 14.0. The third-order valence-electron chi connectivity index (χ3n) is 3.95. The molecule has 1 fully saturated rings. The van der Waals surface area contributed by atoms with E-state index in [0.29, 0.717) is 18.4 Å². The Hall–Kier alpha value is -0.860. The first-order chi connectivity index (χ1) is 11.1. The molecular formula is C18H31IN4O. The maximum Gasteiger partial charge on any atom is 0.193 e. The van der Waals surface area contributed by atoms with Crippen LogP contribution in [0, 0.1) is 5.92 Å². The van der Waals surface area contributed by atoms with Crippen LogP contribution in [0.2, 0.25) is 0 Å². The summed E-state index contributed by atoms with van der Waals surface area (Å²) in [7, 11) is 0. The first kappa shape index (κ1) is 21.2. The molecule has 0 radical (unpaired) electrons. The Kier molecular flexibility index (Phi) is 9.61. The summed E-state index contributed by atoms with van der Waals surface area (Å²) in [4.78, 5) is 6.88. The van der Waals surface area contributed by atoms with Crippen molar-refractivity contribution in [1.82, 2.24) is 4.90 Å². The standard InChI is InChI=1S/C18H30N4O.HI/c1-4-15-5-7-16(8-6-15)21-18(19)20-11-17-13-22(9-10-23-17)12-14(2)3;/h5-8,14,17H,4,9-13H2,1-3H3,(H3,19,20,21);1H. The predicted molar refractivity (Wildman–Crippen MR) is 112 cm³/mol. The molecule has 1 aliphatic heterocycles. The molecule has 1 saturated heterocycles. The number of aryl methyl sites for hydroxylation is 1. The number of benzene rings is 1. The van der Waals surface area contributed by atoms with Crippen LogP contribution < -0.4 is 11.1 Å². The second-order valence-corrected chi connectivity index (χ2v) is 6.55. The van der Waals surface area contributed by atoms with Crippen molar-refractivity contribution in [1.29, 1.82) is 0 Å². The number of ether oxygens (including phenoxy) is 1. The molecule has 0 aromatic heterocycles. The summed E-state index contributed by atoms with van der Waals surface area (Å²) >= 11 is 0. The van der Waals surface area contributed by atoms with Crippen molar-refractivity contribution in [3.63, 3.8) is 0 Å². The first-order valence-electron chi connectivity index (χ1n) is 8.56. The zero-order valence-corrected chi connectivity index (χ0v) is 17.3. The average Bonchev–Trinajstić information content (AvgIpc) is 2.53. The first-order valence-corrected chi connectivity index (χ1v) is 8.56. The molecule has 1 heterocycles. The lowest BCUT2D eigenvalue weighted by Gasteiger charge is -2.33. The van der Waals surface area contributed by atoms with Crippen LogP contribution in [-0.2, 0) is 11.2 Å². The molecular weight excluding hydrogens is 415 g/mol. The number of anilines is 1. The Morgan fingerprint density at radius 1 is 1.38 bits per heavy atom. The molecule has 3 N–H and O–H groups in total. The largest absolute Gasteiger partial charge is 0.374 e. The third kappa shape index (κ3) is 7.36. The van der Waals surface area contributed by atoms with Crippen LogP contribution >= 0.6 is 24.0 Å². The van der Waals surface area contributed by atoms with Crippen molar-refractivity contribution < 1.29 is 4.74 Å². The van der Waals surface area contributed by atoms with Crippen molar-refractivity contribution in [3.05, 3.63) is 29.8 Å². The fraction of sp³-hybridized carbons (Fsp3) is 0.611. The molecule has 1 aromatic carbocycles. The molecule has 1 aliphatic rings. The van der Waals surface area contributed by atoms with Gasteiger partial charge in [0.15, 0.2) is 5.96 Å². The van der Waals surface area contributed by atoms with E-state index < -0.39 is 0 Å². The van der Waals surface area contributed by atoms with Gasteiger partial charge >= 0.3 is 0 Å². The summed E-state index contributed by atoms with van der Waals surface area (Å²) in [6.07, 6.45) is 1.17. The summed E-state index contributed by atoms with van der Waals surface area (Å²) in [6, 6.07) is 8.26. The molecule has 1 atom stereocenters. The molecule has 0 bridgehead atoms. The maximum absolute atomic E-state index is 5.98. The van der Waals surface area contributed by atoms with E-state index in [-0.39, 0.29) is 30.1 Å². The normalized spacial score (nSPS) is 19.2. The van der Waals surface area contributed by atoms with Gasteiger partial charge < -0.3 is 15.8 Å². The van der Waals surface area contributed by atoms with Gasteiger partial charge in [0.25, 0.3) is 0 Å². The Labute approximate surface area is 163 Å². The molecule has 0 amide bonds. The Morgan fingerprint density at radius 2 is 2.08 bits per heavy atom. The van der Waals surface area contributed by atoms with Crippen LogP contribution in [0.25, 0.3) is 0 Å². The molecule has 2 rings (SSSR count). The number of nitrogens with two attached hydrogens (primary N) is 1. The van der Waals surface area contributed by atoms with E-state index in [1.807, 2.05) is 12.1 Å². The summed E-state index contributed by atoms with van der Waals surface area (Å²) in [5.74, 6) is 1.12. The van der Waals surface area contributed by atoms with Crippen LogP contribution in [0.4, 0.5) is 5.69 Å². The van der Waals surface area contributed by atoms with Crippen molar-refractivity contribution in [3.8, 4) is 0 Å². The summed E-state index contributed by atoms with van der Waals surface area (Å²) in [5, 5.41) is 3.13. The molecule has 0 saturated carbocycles. The van der Waals surface area contributed by atoms with Crippen LogP contribution in [0.15, 0.2) is 29.3 Å². The minimum Gasteiger partial charge on any atom is -0.374 e. The number of guanidine groups is 1. The van der Waals surface area contributed by atoms with Gasteiger partial charge in [-0.25, -0.2) is 0 Å². The quantitative estimate of drug-likeness (QED) is 0.401. The van der Waals surface area contributed by atoms with E-state index in [0.717, 1.165) is 38.3 Å². The van der Waals surface area contributed by atoms with Crippen molar-refractivity contribution in [2.45, 2.75) is 33.3 Å². The van der Waals surface area contributed by atoms with Crippen LogP contribution in [0.5, 0.6) is 0 Å². The molecule has 136 valence electrons. The highest BCUT2D eigenvalue weighted by atomic mass is 127. The molecule has 6 heteroatoms. The number of morpholine rings is 1. The van der Waals surface area contributed by atoms with Crippen molar-refractivity contribution in [2.75, 3.05) is 38.1 Å². The topological polar surface area (TPSA) is 62.9 Å². The fourth-order valence-electron chi connectivity index (χ4n) is 2.78. The monoisotopic (exact) mass is 446 g/mol. The number of nitrogens with zero attached hydrogens (tertiary/aromatic N) is 2. The highest BCUT2D eigenvalue weighted by Crippen LogP contribution is 2.10. The summed E-state index contributed by atoms with van der Waals surface area (Å²) in [5.41, 5.74) is 8.26. The van der Waals surface area contributed by atoms with E-state index >= 15 is 0 Å². The Balaban J connectivity index is 0.00000288. The van der Waals surface area contributed by atoms with Gasteiger partial charge in [-0.15, -0.1) is 24.0 Å². The van der Waals surface area contributed by atoms with Gasteiger partial charge in [0.05, 0.1) is 19.3 Å². The number of halogens is 1. The number of rotatable bonds is 6. The second kappa shape index (κ2) is 10.9. The van der Waals surface area contributed by atoms with E-state index in [9.17, 15) is 0 Å². The van der Waals surface area contributed by atoms with E-state index in [2.05, 4.69) is 48.1 Å². The molecule has 0 aliphatic carbocycles. The maximum atomic E-state index is 5.98. The summed E-state index contributed by atoms with van der Waals surface area (Å²) in [6.45, 7) is 11.1. The molecule has 1 aromatic rings. The van der Waals surface area contributed by atoms with E-state index in [1.165, 1.54) is 5.56 Å².